The van der Waals surface area contributed by atoms with Crippen molar-refractivity contribution in [2.45, 2.75) is 175 Å². The fourth-order valence-corrected chi connectivity index (χ4v) is 9.55. The summed E-state index contributed by atoms with van der Waals surface area (Å²) in [4.78, 5) is 163. The van der Waals surface area contributed by atoms with Crippen molar-refractivity contribution >= 4 is 65.0 Å². The van der Waals surface area contributed by atoms with Crippen molar-refractivity contribution in [2.75, 3.05) is 82.1 Å². The zero-order valence-corrected chi connectivity index (χ0v) is 51.1. The molecule has 0 radical (unpaired) electrons. The number of carbonyl (C=O) groups excluding carboxylic acids is 11. The van der Waals surface area contributed by atoms with Crippen LogP contribution < -0.4 is 27.0 Å². The first kappa shape index (κ1) is 71.8. The van der Waals surface area contributed by atoms with E-state index in [0.29, 0.717) is 38.6 Å². The predicted octanol–water partition coefficient (Wildman–Crippen LogP) is 0.304. The summed E-state index contributed by atoms with van der Waals surface area (Å²) in [6.45, 7) is 15.9. The van der Waals surface area contributed by atoms with Gasteiger partial charge < -0.3 is 66.4 Å². The first-order valence-electron chi connectivity index (χ1n) is 28.2. The SMILES string of the molecule is C/C=C/C[C@@H](C)[C@@H](O)[C@H]1C(=O)N[C@@H](CC)C(=O)N(C)CC(=O)N(C)CC(=O)N[C@@H](CCCCCN)C(=O)N(C)CC(=O)NCC(=O)N[C@H](C)C(=O)N(C)[C@@H](CCC(C)C)C(=O)N(C)[C@@H](CC(C)C)C(=O)N(C)[C@@H](C(C)C)C(=O)N1C. The number of amides is 11. The summed E-state index contributed by atoms with van der Waals surface area (Å²) in [5, 5.41) is 22.4. The lowest BCUT2D eigenvalue weighted by molar-refractivity contribution is -0.157. The van der Waals surface area contributed by atoms with E-state index >= 15 is 9.59 Å². The Labute approximate surface area is 476 Å². The number of aliphatic hydroxyl groups is 1. The molecule has 456 valence electrons. The van der Waals surface area contributed by atoms with Crippen LogP contribution in [-0.4, -0.2) is 235 Å². The van der Waals surface area contributed by atoms with Crippen LogP contribution in [0.3, 0.4) is 0 Å². The molecular formula is C56H100N12O12. The van der Waals surface area contributed by atoms with Crippen LogP contribution >= 0.6 is 0 Å². The number of unbranched alkanes of at least 4 members (excludes halogenated alkanes) is 2. The van der Waals surface area contributed by atoms with Crippen molar-refractivity contribution in [1.29, 1.82) is 0 Å². The summed E-state index contributed by atoms with van der Waals surface area (Å²) < 4.78 is 0. The molecule has 1 aliphatic rings. The largest absolute Gasteiger partial charge is 0.390 e. The number of nitrogens with two attached hydrogens (primary N) is 1. The van der Waals surface area contributed by atoms with E-state index in [1.54, 1.807) is 46.8 Å². The third-order valence-electron chi connectivity index (χ3n) is 14.6. The minimum atomic E-state index is -1.60. The van der Waals surface area contributed by atoms with Gasteiger partial charge in [0.2, 0.25) is 65.0 Å². The van der Waals surface area contributed by atoms with Crippen LogP contribution in [0.1, 0.15) is 127 Å². The van der Waals surface area contributed by atoms with E-state index in [-0.39, 0.29) is 37.5 Å². The lowest BCUT2D eigenvalue weighted by atomic mass is 9.91. The lowest BCUT2D eigenvalue weighted by Gasteiger charge is -2.41. The van der Waals surface area contributed by atoms with E-state index in [9.17, 15) is 48.3 Å². The van der Waals surface area contributed by atoms with Crippen molar-refractivity contribution in [3.63, 3.8) is 0 Å². The Hall–Kier alpha value is -6.17. The van der Waals surface area contributed by atoms with Crippen LogP contribution in [0.5, 0.6) is 0 Å². The predicted molar refractivity (Wildman–Crippen MR) is 304 cm³/mol. The molecule has 0 aromatic rings. The van der Waals surface area contributed by atoms with Gasteiger partial charge in [0, 0.05) is 49.3 Å². The maximum Gasteiger partial charge on any atom is 0.246 e. The molecule has 0 bridgehead atoms. The molecule has 0 aromatic carbocycles. The Bertz CT molecular complexity index is 2140. The normalized spacial score (nSPS) is 24.8. The number of likely N-dealkylation sites (N-methyl/N-ethyl adjacent to an activating group) is 7. The van der Waals surface area contributed by atoms with Crippen LogP contribution in [0.25, 0.3) is 0 Å². The average Bonchev–Trinajstić information content (AvgIpc) is 3.39. The molecule has 9 atom stereocenters. The van der Waals surface area contributed by atoms with E-state index < -0.39 is 151 Å². The monoisotopic (exact) mass is 1130 g/mol. The summed E-state index contributed by atoms with van der Waals surface area (Å²) in [7, 11) is 9.69. The molecule has 1 saturated heterocycles. The number of nitrogens with one attached hydrogen (secondary N) is 4. The Morgan fingerprint density at radius 2 is 1.14 bits per heavy atom. The molecule has 0 aromatic heterocycles. The molecule has 0 saturated carbocycles. The quantitative estimate of drug-likeness (QED) is 0.0897. The number of rotatable bonds is 16. The van der Waals surface area contributed by atoms with E-state index in [1.807, 2.05) is 27.7 Å². The highest BCUT2D eigenvalue weighted by Crippen LogP contribution is 2.25. The number of nitrogens with zero attached hydrogens (tertiary/aromatic N) is 7. The highest BCUT2D eigenvalue weighted by atomic mass is 16.3. The first-order valence-corrected chi connectivity index (χ1v) is 28.2. The van der Waals surface area contributed by atoms with Crippen molar-refractivity contribution in [3.05, 3.63) is 12.2 Å². The fourth-order valence-electron chi connectivity index (χ4n) is 9.55. The minimum Gasteiger partial charge on any atom is -0.390 e. The Balaban J connectivity index is 4.06. The van der Waals surface area contributed by atoms with Gasteiger partial charge in [-0.1, -0.05) is 80.4 Å². The van der Waals surface area contributed by atoms with Crippen molar-refractivity contribution < 1.29 is 57.8 Å². The van der Waals surface area contributed by atoms with Gasteiger partial charge in [0.05, 0.1) is 32.3 Å². The Kier molecular flexibility index (Phi) is 31.3. The van der Waals surface area contributed by atoms with Gasteiger partial charge in [-0.05, 0) is 89.0 Å². The highest BCUT2D eigenvalue weighted by molar-refractivity contribution is 5.98. The average molecular weight is 1130 g/mol. The molecule has 1 aliphatic heterocycles. The lowest BCUT2D eigenvalue weighted by Crippen LogP contribution is -2.63. The molecular weight excluding hydrogens is 1030 g/mol. The fraction of sp³-hybridized carbons (Fsp3) is 0.768. The zero-order chi connectivity index (χ0) is 61.5. The summed E-state index contributed by atoms with van der Waals surface area (Å²) >= 11 is 0. The minimum absolute atomic E-state index is 0.0262. The van der Waals surface area contributed by atoms with Gasteiger partial charge in [0.1, 0.15) is 42.3 Å². The van der Waals surface area contributed by atoms with Gasteiger partial charge in [-0.3, -0.25) is 52.7 Å². The molecule has 1 rings (SSSR count). The van der Waals surface area contributed by atoms with Gasteiger partial charge in [0.25, 0.3) is 0 Å². The van der Waals surface area contributed by atoms with Crippen LogP contribution in [0.15, 0.2) is 12.2 Å². The standard InChI is InChI=1S/C56H100N12O12/c1-18-20-24-37(9)49(73)48-50(74)61-39(19-2)52(76)64(13)33-46(72)62(11)32-45(71)60-40(25-22-21-23-28-57)53(77)63(12)31-44(70)58-30-43(69)59-38(10)51(75)65(14)41(27-26-34(3)4)54(78)66(15)42(29-35(5)6)55(79)67(16)47(36(7)8)56(80)68(48)17/h18,20,34-42,47-49,73H,19,21-33,57H2,1-17H3,(H,58,70)(H,59,69)(H,60,71)(H,61,74)/b20-18+/t37-,38-,39+,40+,41+,42+,47+,48+,49-/m1/s1. The van der Waals surface area contributed by atoms with Crippen molar-refractivity contribution in [1.82, 2.24) is 55.6 Å². The second-order valence-corrected chi connectivity index (χ2v) is 22.8. The molecule has 80 heavy (non-hydrogen) atoms. The topological polar surface area (TPSA) is 305 Å². The first-order chi connectivity index (χ1) is 37.3. The maximum absolute atomic E-state index is 15.0. The number of hydrogen-bond acceptors (Lipinski definition) is 13. The molecule has 1 heterocycles. The Morgan fingerprint density at radius 1 is 0.588 bits per heavy atom. The van der Waals surface area contributed by atoms with Crippen molar-refractivity contribution in [2.24, 2.45) is 29.4 Å². The second kappa shape index (κ2) is 34.9. The van der Waals surface area contributed by atoms with Gasteiger partial charge in [-0.15, -0.1) is 0 Å². The molecule has 1 fully saturated rings. The smallest absolute Gasteiger partial charge is 0.246 e. The number of aliphatic hydroxyl groups excluding tert-OH is 1. The van der Waals surface area contributed by atoms with Gasteiger partial charge in [-0.25, -0.2) is 0 Å². The molecule has 0 spiro atoms. The van der Waals surface area contributed by atoms with Crippen LogP contribution in [-0.2, 0) is 52.7 Å². The molecule has 0 aliphatic carbocycles. The third kappa shape index (κ3) is 22.1. The van der Waals surface area contributed by atoms with Gasteiger partial charge in [0.15, 0.2) is 0 Å². The zero-order valence-electron chi connectivity index (χ0n) is 51.1. The number of carbonyl (C=O) groups is 11. The summed E-state index contributed by atoms with van der Waals surface area (Å²) in [5.74, 6) is -8.82. The summed E-state index contributed by atoms with van der Waals surface area (Å²) in [6.07, 6.45) is 5.20. The highest BCUT2D eigenvalue weighted by Gasteiger charge is 2.45. The molecule has 24 nitrogen and oxygen atoms in total. The molecule has 11 amide bonds. The Morgan fingerprint density at radius 3 is 1.69 bits per heavy atom. The summed E-state index contributed by atoms with van der Waals surface area (Å²) in [6, 6.07) is -8.68. The van der Waals surface area contributed by atoms with E-state index in [4.69, 9.17) is 5.73 Å². The van der Waals surface area contributed by atoms with E-state index in [0.717, 1.165) is 19.6 Å². The maximum atomic E-state index is 15.0. The third-order valence-corrected chi connectivity index (χ3v) is 14.6. The van der Waals surface area contributed by atoms with Crippen LogP contribution in [0, 0.1) is 23.7 Å². The van der Waals surface area contributed by atoms with Gasteiger partial charge in [-0.2, -0.15) is 0 Å². The van der Waals surface area contributed by atoms with Gasteiger partial charge >= 0.3 is 0 Å². The molecule has 0 unspecified atom stereocenters. The van der Waals surface area contributed by atoms with Crippen LogP contribution in [0.4, 0.5) is 0 Å². The summed E-state index contributed by atoms with van der Waals surface area (Å²) in [5.41, 5.74) is 5.68. The molecule has 7 N–H and O–H groups in total. The molecule has 24 heteroatoms. The number of allylic oxidation sites excluding steroid dienone is 2. The van der Waals surface area contributed by atoms with E-state index in [1.165, 1.54) is 71.0 Å². The van der Waals surface area contributed by atoms with Crippen molar-refractivity contribution in [3.8, 4) is 0 Å². The number of hydrogen-bond donors (Lipinski definition) is 6. The second-order valence-electron chi connectivity index (χ2n) is 22.8. The van der Waals surface area contributed by atoms with E-state index in [2.05, 4.69) is 21.3 Å². The van der Waals surface area contributed by atoms with Crippen LogP contribution in [0.2, 0.25) is 0 Å².